The monoisotopic (exact) mass is 760 g/mol. The quantitative estimate of drug-likeness (QED) is 0.110. The molecule has 16 heteroatoms. The number of benzene rings is 4. The van der Waals surface area contributed by atoms with Crippen LogP contribution in [-0.2, 0) is 19.7 Å². The molecule has 0 aliphatic carbocycles. The van der Waals surface area contributed by atoms with Crippen LogP contribution < -0.4 is 0 Å². The zero-order chi connectivity index (χ0) is 34.3. The molecule has 48 heavy (non-hydrogen) atoms. The summed E-state index contributed by atoms with van der Waals surface area (Å²) in [5, 5.41) is -2.40. The summed E-state index contributed by atoms with van der Waals surface area (Å²) in [7, 11) is -8.86. The molecule has 0 radical (unpaired) electrons. The SMILES string of the molecule is Fc1c(Sc2ccccc2)nc(Cl)nc1Sc1ccccc1.O=S(=O)(c1ccccc1)c1nc(Cl)nc(S(=O)(=O)c2ccccc2)c1F. The highest BCUT2D eigenvalue weighted by Gasteiger charge is 2.33. The fourth-order valence-corrected chi connectivity index (χ4v) is 8.77. The molecule has 0 bridgehead atoms. The van der Waals surface area contributed by atoms with Crippen molar-refractivity contribution in [1.29, 1.82) is 0 Å². The molecule has 0 N–H and O–H groups in total. The zero-order valence-electron chi connectivity index (χ0n) is 24.1. The Hall–Kier alpha value is -3.92. The molecule has 0 unspecified atom stereocenters. The van der Waals surface area contributed by atoms with Crippen LogP contribution in [0.25, 0.3) is 0 Å². The van der Waals surface area contributed by atoms with E-state index in [9.17, 15) is 25.6 Å². The first-order chi connectivity index (χ1) is 23.0. The molecule has 0 saturated heterocycles. The van der Waals surface area contributed by atoms with E-state index in [2.05, 4.69) is 19.9 Å². The molecular weight excluding hydrogens is 742 g/mol. The van der Waals surface area contributed by atoms with Crippen LogP contribution in [0.1, 0.15) is 0 Å². The molecule has 0 amide bonds. The molecule has 6 aromatic rings. The van der Waals surface area contributed by atoms with Gasteiger partial charge in [0.25, 0.3) is 0 Å². The van der Waals surface area contributed by atoms with Gasteiger partial charge in [-0.15, -0.1) is 0 Å². The Bertz CT molecular complexity index is 2110. The van der Waals surface area contributed by atoms with Gasteiger partial charge >= 0.3 is 0 Å². The summed E-state index contributed by atoms with van der Waals surface area (Å²) in [6, 6.07) is 32.8. The van der Waals surface area contributed by atoms with Crippen LogP contribution in [0.15, 0.2) is 161 Å². The van der Waals surface area contributed by atoms with E-state index in [1.165, 1.54) is 72.1 Å². The van der Waals surface area contributed by atoms with Gasteiger partial charge in [0.2, 0.25) is 40.3 Å². The van der Waals surface area contributed by atoms with Gasteiger partial charge < -0.3 is 0 Å². The predicted octanol–water partition coefficient (Wildman–Crippen LogP) is 8.51. The standard InChI is InChI=1S/C16H10ClFN2O4S2.C16H10ClFN2S2/c17-16-19-14(25(21,22)11-7-3-1-4-8-11)13(18)15(20-16)26(23,24)12-9-5-2-6-10-12;17-16-19-14(21-11-7-3-1-4-8-11)13(18)15(20-16)22-12-9-5-2-6-10-12/h1-10H;1-10H. The number of aromatic nitrogens is 4. The summed E-state index contributed by atoms with van der Waals surface area (Å²) in [6.45, 7) is 0. The molecule has 2 aromatic heterocycles. The number of halogens is 4. The van der Waals surface area contributed by atoms with E-state index in [0.29, 0.717) is 0 Å². The minimum Gasteiger partial charge on any atom is -0.217 e. The lowest BCUT2D eigenvalue weighted by Crippen LogP contribution is -2.15. The highest BCUT2D eigenvalue weighted by atomic mass is 35.5. The molecule has 0 atom stereocenters. The first kappa shape index (κ1) is 35.4. The summed E-state index contributed by atoms with van der Waals surface area (Å²) in [6.07, 6.45) is 0. The molecule has 244 valence electrons. The second kappa shape index (κ2) is 15.5. The van der Waals surface area contributed by atoms with Gasteiger partial charge in [-0.1, -0.05) is 96.3 Å². The Labute approximate surface area is 293 Å². The first-order valence-corrected chi connectivity index (χ1v) is 18.8. The highest BCUT2D eigenvalue weighted by Crippen LogP contribution is 2.35. The van der Waals surface area contributed by atoms with Crippen molar-refractivity contribution in [3.05, 3.63) is 144 Å². The van der Waals surface area contributed by atoms with Crippen molar-refractivity contribution in [1.82, 2.24) is 19.9 Å². The van der Waals surface area contributed by atoms with Gasteiger partial charge in [-0.3, -0.25) is 0 Å². The van der Waals surface area contributed by atoms with E-state index in [1.807, 2.05) is 60.7 Å². The molecule has 0 aliphatic heterocycles. The van der Waals surface area contributed by atoms with E-state index >= 15 is 0 Å². The van der Waals surface area contributed by atoms with Crippen molar-refractivity contribution in [2.45, 2.75) is 39.7 Å². The summed E-state index contributed by atoms with van der Waals surface area (Å²) >= 11 is 14.1. The third kappa shape index (κ3) is 8.38. The van der Waals surface area contributed by atoms with E-state index in [0.717, 1.165) is 9.79 Å². The van der Waals surface area contributed by atoms with Crippen LogP contribution in [0.5, 0.6) is 0 Å². The maximum Gasteiger partial charge on any atom is 0.227 e. The summed E-state index contributed by atoms with van der Waals surface area (Å²) in [5.74, 6) is -2.03. The van der Waals surface area contributed by atoms with Crippen LogP contribution in [0.3, 0.4) is 0 Å². The third-order valence-electron chi connectivity index (χ3n) is 6.06. The smallest absolute Gasteiger partial charge is 0.217 e. The van der Waals surface area contributed by atoms with Crippen molar-refractivity contribution >= 4 is 66.4 Å². The Morgan fingerprint density at radius 2 is 0.771 bits per heavy atom. The summed E-state index contributed by atoms with van der Waals surface area (Å²) in [5.41, 5.74) is 0. The normalized spacial score (nSPS) is 11.4. The first-order valence-electron chi connectivity index (χ1n) is 13.5. The van der Waals surface area contributed by atoms with Crippen molar-refractivity contribution < 1.29 is 25.6 Å². The molecule has 8 nitrogen and oxygen atoms in total. The fraction of sp³-hybridized carbons (Fsp3) is 0. The minimum atomic E-state index is -4.43. The van der Waals surface area contributed by atoms with Gasteiger partial charge in [0.05, 0.1) is 9.79 Å². The summed E-state index contributed by atoms with van der Waals surface area (Å²) in [4.78, 5) is 16.1. The maximum atomic E-state index is 14.9. The fourth-order valence-electron chi connectivity index (χ4n) is 3.88. The zero-order valence-corrected chi connectivity index (χ0v) is 28.9. The van der Waals surface area contributed by atoms with E-state index in [4.69, 9.17) is 23.2 Å². The van der Waals surface area contributed by atoms with Crippen molar-refractivity contribution in [3.8, 4) is 0 Å². The molecule has 2 heterocycles. The highest BCUT2D eigenvalue weighted by molar-refractivity contribution is 8.00. The Balaban J connectivity index is 0.000000190. The predicted molar refractivity (Wildman–Crippen MR) is 179 cm³/mol. The second-order valence-corrected chi connectivity index (χ2v) is 15.8. The molecular formula is C32H20Cl2F2N4O4S4. The van der Waals surface area contributed by atoms with Crippen molar-refractivity contribution in [3.63, 3.8) is 0 Å². The lowest BCUT2D eigenvalue weighted by molar-refractivity contribution is 0.510. The van der Waals surface area contributed by atoms with Crippen LogP contribution in [0.2, 0.25) is 10.6 Å². The number of nitrogens with zero attached hydrogens (tertiary/aromatic N) is 4. The van der Waals surface area contributed by atoms with Crippen molar-refractivity contribution in [2.75, 3.05) is 0 Å². The molecule has 0 aliphatic rings. The molecule has 0 spiro atoms. The third-order valence-corrected chi connectivity index (χ3v) is 11.7. The van der Waals surface area contributed by atoms with Crippen LogP contribution >= 0.6 is 46.7 Å². The summed E-state index contributed by atoms with van der Waals surface area (Å²) < 4.78 is 80.0. The Morgan fingerprint density at radius 3 is 1.12 bits per heavy atom. The van der Waals surface area contributed by atoms with Crippen LogP contribution in [0, 0.1) is 11.6 Å². The molecule has 0 saturated carbocycles. The van der Waals surface area contributed by atoms with Crippen LogP contribution in [-0.4, -0.2) is 36.8 Å². The molecule has 0 fully saturated rings. The number of hydrogen-bond donors (Lipinski definition) is 0. The lowest BCUT2D eigenvalue weighted by atomic mass is 10.4. The Morgan fingerprint density at radius 1 is 0.458 bits per heavy atom. The topological polar surface area (TPSA) is 120 Å². The van der Waals surface area contributed by atoms with Gasteiger partial charge in [-0.25, -0.2) is 45.6 Å². The van der Waals surface area contributed by atoms with E-state index in [-0.39, 0.29) is 25.1 Å². The van der Waals surface area contributed by atoms with Gasteiger partial charge in [-0.05, 0) is 71.7 Å². The van der Waals surface area contributed by atoms with Gasteiger partial charge in [0, 0.05) is 9.79 Å². The van der Waals surface area contributed by atoms with E-state index in [1.54, 1.807) is 12.1 Å². The van der Waals surface area contributed by atoms with Crippen LogP contribution in [0.4, 0.5) is 8.78 Å². The number of hydrogen-bond acceptors (Lipinski definition) is 10. The van der Waals surface area contributed by atoms with Gasteiger partial charge in [0.15, 0.2) is 11.6 Å². The van der Waals surface area contributed by atoms with Gasteiger partial charge in [0.1, 0.15) is 10.1 Å². The van der Waals surface area contributed by atoms with E-state index < -0.39 is 46.6 Å². The second-order valence-electron chi connectivity index (χ2n) is 9.30. The lowest BCUT2D eigenvalue weighted by Gasteiger charge is -2.09. The minimum absolute atomic E-state index is 0.0401. The molecule has 4 aromatic carbocycles. The van der Waals surface area contributed by atoms with Gasteiger partial charge in [-0.2, -0.15) is 0 Å². The molecule has 6 rings (SSSR count). The maximum absolute atomic E-state index is 14.9. The Kier molecular flexibility index (Phi) is 11.5. The number of sulfone groups is 2. The van der Waals surface area contributed by atoms with Crippen molar-refractivity contribution in [2.24, 2.45) is 0 Å². The average molecular weight is 762 g/mol. The largest absolute Gasteiger partial charge is 0.227 e. The average Bonchev–Trinajstić information content (AvgIpc) is 3.09. The number of rotatable bonds is 8.